The summed E-state index contributed by atoms with van der Waals surface area (Å²) in [5, 5.41) is 0.905. The summed E-state index contributed by atoms with van der Waals surface area (Å²) in [6, 6.07) is 14.9. The molecule has 110 valence electrons. The van der Waals surface area contributed by atoms with Gasteiger partial charge in [-0.25, -0.2) is 0 Å². The van der Waals surface area contributed by atoms with E-state index >= 15 is 0 Å². The van der Waals surface area contributed by atoms with Gasteiger partial charge in [0.1, 0.15) is 0 Å². The first-order chi connectivity index (χ1) is 9.99. The van der Waals surface area contributed by atoms with Gasteiger partial charge < -0.3 is 4.90 Å². The highest BCUT2D eigenvalue weighted by Gasteiger charge is 2.21. The minimum atomic E-state index is -0.0875. The van der Waals surface area contributed by atoms with Gasteiger partial charge in [0.2, 0.25) is 0 Å². The Balaban J connectivity index is 2.27. The Bertz CT molecular complexity index is 626. The molecule has 1 amide bonds. The van der Waals surface area contributed by atoms with E-state index in [1.165, 1.54) is 0 Å². The van der Waals surface area contributed by atoms with Gasteiger partial charge in [0, 0.05) is 17.6 Å². The number of carbonyl (C=O) groups is 1. The van der Waals surface area contributed by atoms with Gasteiger partial charge in [-0.05, 0) is 37.6 Å². The fourth-order valence-electron chi connectivity index (χ4n) is 2.09. The first kappa shape index (κ1) is 15.9. The van der Waals surface area contributed by atoms with Crippen molar-refractivity contribution in [3.8, 4) is 0 Å². The van der Waals surface area contributed by atoms with Crippen LogP contribution in [0.15, 0.2) is 48.5 Å². The molecule has 2 nitrogen and oxygen atoms in total. The minimum absolute atomic E-state index is 0.0736. The molecule has 2 aromatic carbocycles. The average Bonchev–Trinajstić information content (AvgIpc) is 2.45. The van der Waals surface area contributed by atoms with E-state index in [-0.39, 0.29) is 11.9 Å². The van der Waals surface area contributed by atoms with Crippen LogP contribution in [0, 0.1) is 0 Å². The standard InChI is InChI=1S/C17H17Cl2NO/c1-12(2)20(11-13-6-4-3-5-7-13)17(21)15-9-8-14(18)10-16(15)19/h3-10,12H,11H2,1-2H3. The Morgan fingerprint density at radius 3 is 2.33 bits per heavy atom. The van der Waals surface area contributed by atoms with Crippen LogP contribution in [0.5, 0.6) is 0 Å². The topological polar surface area (TPSA) is 20.3 Å². The van der Waals surface area contributed by atoms with Crippen LogP contribution < -0.4 is 0 Å². The lowest BCUT2D eigenvalue weighted by atomic mass is 10.1. The fourth-order valence-corrected chi connectivity index (χ4v) is 2.58. The van der Waals surface area contributed by atoms with Crippen LogP contribution in [-0.4, -0.2) is 16.8 Å². The molecule has 21 heavy (non-hydrogen) atoms. The largest absolute Gasteiger partial charge is 0.332 e. The van der Waals surface area contributed by atoms with Crippen molar-refractivity contribution in [2.24, 2.45) is 0 Å². The molecular formula is C17H17Cl2NO. The Morgan fingerprint density at radius 2 is 1.76 bits per heavy atom. The summed E-state index contributed by atoms with van der Waals surface area (Å²) < 4.78 is 0. The number of hydrogen-bond donors (Lipinski definition) is 0. The fraction of sp³-hybridized carbons (Fsp3) is 0.235. The molecule has 2 aromatic rings. The highest BCUT2D eigenvalue weighted by molar-refractivity contribution is 6.36. The van der Waals surface area contributed by atoms with Gasteiger partial charge in [-0.3, -0.25) is 4.79 Å². The summed E-state index contributed by atoms with van der Waals surface area (Å²) in [7, 11) is 0. The van der Waals surface area contributed by atoms with E-state index in [9.17, 15) is 4.79 Å². The summed E-state index contributed by atoms with van der Waals surface area (Å²) in [5.41, 5.74) is 1.57. The van der Waals surface area contributed by atoms with E-state index in [1.807, 2.05) is 44.2 Å². The van der Waals surface area contributed by atoms with Crippen LogP contribution in [0.3, 0.4) is 0 Å². The molecule has 0 fully saturated rings. The highest BCUT2D eigenvalue weighted by Crippen LogP contribution is 2.23. The normalized spacial score (nSPS) is 10.7. The molecule has 0 bridgehead atoms. The van der Waals surface area contributed by atoms with E-state index in [4.69, 9.17) is 23.2 Å². The van der Waals surface area contributed by atoms with Crippen molar-refractivity contribution in [2.45, 2.75) is 26.4 Å². The zero-order valence-corrected chi connectivity index (χ0v) is 13.5. The maximum atomic E-state index is 12.7. The molecule has 0 atom stereocenters. The van der Waals surface area contributed by atoms with Crippen molar-refractivity contribution >= 4 is 29.1 Å². The first-order valence-electron chi connectivity index (χ1n) is 6.79. The zero-order chi connectivity index (χ0) is 15.4. The summed E-state index contributed by atoms with van der Waals surface area (Å²) >= 11 is 12.0. The van der Waals surface area contributed by atoms with Crippen LogP contribution in [0.2, 0.25) is 10.0 Å². The monoisotopic (exact) mass is 321 g/mol. The highest BCUT2D eigenvalue weighted by atomic mass is 35.5. The predicted molar refractivity (Wildman–Crippen MR) is 87.9 cm³/mol. The van der Waals surface area contributed by atoms with E-state index < -0.39 is 0 Å². The Labute approximate surface area is 135 Å². The summed E-state index contributed by atoms with van der Waals surface area (Å²) in [4.78, 5) is 14.5. The number of halogens is 2. The van der Waals surface area contributed by atoms with Crippen molar-refractivity contribution in [1.82, 2.24) is 4.90 Å². The minimum Gasteiger partial charge on any atom is -0.332 e. The summed E-state index contributed by atoms with van der Waals surface area (Å²) in [6.07, 6.45) is 0. The molecule has 0 spiro atoms. The number of benzene rings is 2. The summed E-state index contributed by atoms with van der Waals surface area (Å²) in [6.45, 7) is 4.53. The third-order valence-electron chi connectivity index (χ3n) is 3.24. The third kappa shape index (κ3) is 3.99. The van der Waals surface area contributed by atoms with Crippen LogP contribution in [-0.2, 0) is 6.54 Å². The first-order valence-corrected chi connectivity index (χ1v) is 7.54. The molecule has 0 unspecified atom stereocenters. The van der Waals surface area contributed by atoms with Crippen LogP contribution in [0.25, 0.3) is 0 Å². The smallest absolute Gasteiger partial charge is 0.255 e. The number of rotatable bonds is 4. The number of amides is 1. The molecule has 0 radical (unpaired) electrons. The zero-order valence-electron chi connectivity index (χ0n) is 12.0. The Kier molecular flexibility index (Phi) is 5.27. The van der Waals surface area contributed by atoms with Gasteiger partial charge in [0.15, 0.2) is 0 Å². The van der Waals surface area contributed by atoms with Gasteiger partial charge in [0.25, 0.3) is 5.91 Å². The third-order valence-corrected chi connectivity index (χ3v) is 3.79. The van der Waals surface area contributed by atoms with Crippen LogP contribution >= 0.6 is 23.2 Å². The SMILES string of the molecule is CC(C)N(Cc1ccccc1)C(=O)c1ccc(Cl)cc1Cl. The molecular weight excluding hydrogens is 305 g/mol. The molecule has 0 saturated heterocycles. The van der Waals surface area contributed by atoms with Crippen molar-refractivity contribution in [3.05, 3.63) is 69.7 Å². The van der Waals surface area contributed by atoms with Gasteiger partial charge in [-0.1, -0.05) is 53.5 Å². The van der Waals surface area contributed by atoms with Crippen LogP contribution in [0.4, 0.5) is 0 Å². The molecule has 0 aliphatic heterocycles. The van der Waals surface area contributed by atoms with Crippen molar-refractivity contribution in [3.63, 3.8) is 0 Å². The molecule has 0 aliphatic carbocycles. The predicted octanol–water partition coefficient (Wildman–Crippen LogP) is 5.04. The molecule has 0 aliphatic rings. The van der Waals surface area contributed by atoms with Gasteiger partial charge in [-0.15, -0.1) is 0 Å². The lowest BCUT2D eigenvalue weighted by molar-refractivity contribution is 0.0690. The van der Waals surface area contributed by atoms with Gasteiger partial charge in [-0.2, -0.15) is 0 Å². The van der Waals surface area contributed by atoms with Crippen LogP contribution in [0.1, 0.15) is 29.8 Å². The maximum absolute atomic E-state index is 12.7. The van der Waals surface area contributed by atoms with Crippen molar-refractivity contribution < 1.29 is 4.79 Å². The lowest BCUT2D eigenvalue weighted by Gasteiger charge is -2.27. The summed E-state index contributed by atoms with van der Waals surface area (Å²) in [5.74, 6) is -0.0875. The van der Waals surface area contributed by atoms with Crippen molar-refractivity contribution in [2.75, 3.05) is 0 Å². The van der Waals surface area contributed by atoms with E-state index in [1.54, 1.807) is 23.1 Å². The molecule has 2 rings (SSSR count). The molecule has 0 heterocycles. The molecule has 4 heteroatoms. The number of nitrogens with zero attached hydrogens (tertiary/aromatic N) is 1. The quantitative estimate of drug-likeness (QED) is 0.772. The Hall–Kier alpha value is -1.51. The van der Waals surface area contributed by atoms with Crippen molar-refractivity contribution in [1.29, 1.82) is 0 Å². The molecule has 0 N–H and O–H groups in total. The maximum Gasteiger partial charge on any atom is 0.255 e. The molecule has 0 aromatic heterocycles. The van der Waals surface area contributed by atoms with Gasteiger partial charge in [0.05, 0.1) is 10.6 Å². The second kappa shape index (κ2) is 6.97. The second-order valence-electron chi connectivity index (χ2n) is 5.14. The lowest BCUT2D eigenvalue weighted by Crippen LogP contribution is -2.36. The van der Waals surface area contributed by atoms with E-state index in [2.05, 4.69) is 0 Å². The van der Waals surface area contributed by atoms with E-state index in [0.29, 0.717) is 22.2 Å². The number of carbonyl (C=O) groups excluding carboxylic acids is 1. The average molecular weight is 322 g/mol. The Morgan fingerprint density at radius 1 is 1.10 bits per heavy atom. The van der Waals surface area contributed by atoms with Gasteiger partial charge >= 0.3 is 0 Å². The van der Waals surface area contributed by atoms with E-state index in [0.717, 1.165) is 5.56 Å². The number of hydrogen-bond acceptors (Lipinski definition) is 1. The second-order valence-corrected chi connectivity index (χ2v) is 5.98. The molecule has 0 saturated carbocycles.